The van der Waals surface area contributed by atoms with Crippen LogP contribution in [0, 0.1) is 0 Å². The molecule has 1 unspecified atom stereocenters. The van der Waals surface area contributed by atoms with E-state index in [2.05, 4.69) is 4.74 Å². The molecule has 0 spiro atoms. The van der Waals surface area contributed by atoms with Crippen molar-refractivity contribution < 1.29 is 33.4 Å². The van der Waals surface area contributed by atoms with Crippen molar-refractivity contribution in [2.75, 3.05) is 13.7 Å². The number of ether oxygens (including phenoxy) is 3. The molecule has 1 aliphatic heterocycles. The highest BCUT2D eigenvalue weighted by atomic mass is 16.6. The molecular formula is C21H16O7. The summed E-state index contributed by atoms with van der Waals surface area (Å²) in [5.74, 6) is -1.93. The summed E-state index contributed by atoms with van der Waals surface area (Å²) in [4.78, 5) is 49.8. The molecule has 2 aromatic rings. The smallest absolute Gasteiger partial charge is 0.335 e. The minimum Gasteiger partial charge on any atom is -0.467 e. The van der Waals surface area contributed by atoms with Gasteiger partial charge in [0, 0.05) is 35.4 Å². The highest BCUT2D eigenvalue weighted by Crippen LogP contribution is 2.41. The molecule has 0 aromatic heterocycles. The molecule has 2 aromatic carbocycles. The van der Waals surface area contributed by atoms with Crippen molar-refractivity contribution >= 4 is 34.3 Å². The standard InChI is InChI=1S/C21H16O7/c1-10(22)28-20-12-6-4-3-5-11(12)7-14-17(20)19(24)15-9-27-16(21(25)26-2)8-13(15)18(14)23/h3-7,16H,8-9H2,1-2H3. The first-order valence-corrected chi connectivity index (χ1v) is 8.67. The maximum Gasteiger partial charge on any atom is 0.335 e. The lowest BCUT2D eigenvalue weighted by molar-refractivity contribution is -0.154. The first-order valence-electron chi connectivity index (χ1n) is 8.67. The van der Waals surface area contributed by atoms with E-state index in [4.69, 9.17) is 9.47 Å². The summed E-state index contributed by atoms with van der Waals surface area (Å²) in [6.45, 7) is 1.05. The van der Waals surface area contributed by atoms with Gasteiger partial charge < -0.3 is 14.2 Å². The molecular weight excluding hydrogens is 364 g/mol. The fourth-order valence-corrected chi connectivity index (χ4v) is 3.64. The third-order valence-corrected chi connectivity index (χ3v) is 4.91. The van der Waals surface area contributed by atoms with Gasteiger partial charge in [0.25, 0.3) is 0 Å². The van der Waals surface area contributed by atoms with Gasteiger partial charge in [0.05, 0.1) is 19.3 Å². The first kappa shape index (κ1) is 18.1. The van der Waals surface area contributed by atoms with E-state index in [0.29, 0.717) is 10.8 Å². The molecule has 1 atom stereocenters. The fraction of sp³-hybridized carbons (Fsp3) is 0.238. The van der Waals surface area contributed by atoms with Crippen LogP contribution in [0.25, 0.3) is 10.8 Å². The lowest BCUT2D eigenvalue weighted by atomic mass is 9.79. The number of hydrogen-bond donors (Lipinski definition) is 0. The van der Waals surface area contributed by atoms with E-state index in [1.807, 2.05) is 0 Å². The zero-order valence-corrected chi connectivity index (χ0v) is 15.2. The molecule has 4 rings (SSSR count). The van der Waals surface area contributed by atoms with Crippen molar-refractivity contribution in [3.8, 4) is 5.75 Å². The zero-order valence-electron chi connectivity index (χ0n) is 15.2. The van der Waals surface area contributed by atoms with E-state index in [1.165, 1.54) is 14.0 Å². The Morgan fingerprint density at radius 1 is 1.11 bits per heavy atom. The summed E-state index contributed by atoms with van der Waals surface area (Å²) in [7, 11) is 1.23. The molecule has 1 heterocycles. The number of fused-ring (bicyclic) bond motifs is 2. The lowest BCUT2D eigenvalue weighted by Crippen LogP contribution is -2.37. The molecule has 1 aliphatic carbocycles. The second kappa shape index (κ2) is 6.69. The Hall–Kier alpha value is -3.32. The zero-order chi connectivity index (χ0) is 20.0. The molecule has 2 aliphatic rings. The number of ketones is 2. The Kier molecular flexibility index (Phi) is 4.31. The van der Waals surface area contributed by atoms with E-state index < -0.39 is 23.8 Å². The number of rotatable bonds is 2. The van der Waals surface area contributed by atoms with Gasteiger partial charge in [-0.05, 0) is 11.5 Å². The van der Waals surface area contributed by atoms with Gasteiger partial charge in [0.2, 0.25) is 0 Å². The van der Waals surface area contributed by atoms with Gasteiger partial charge >= 0.3 is 11.9 Å². The third kappa shape index (κ3) is 2.71. The van der Waals surface area contributed by atoms with Crippen LogP contribution in [-0.4, -0.2) is 43.3 Å². The van der Waals surface area contributed by atoms with Crippen LogP contribution < -0.4 is 4.74 Å². The summed E-state index contributed by atoms with van der Waals surface area (Å²) in [6, 6.07) is 8.65. The van der Waals surface area contributed by atoms with Crippen LogP contribution in [-0.2, 0) is 19.1 Å². The van der Waals surface area contributed by atoms with Crippen molar-refractivity contribution in [2.45, 2.75) is 19.4 Å². The Labute approximate surface area is 159 Å². The van der Waals surface area contributed by atoms with E-state index in [0.717, 1.165) is 0 Å². The van der Waals surface area contributed by atoms with Gasteiger partial charge in [0.15, 0.2) is 23.4 Å². The van der Waals surface area contributed by atoms with Gasteiger partial charge in [-0.3, -0.25) is 14.4 Å². The molecule has 0 amide bonds. The third-order valence-electron chi connectivity index (χ3n) is 4.91. The quantitative estimate of drug-likeness (QED) is 0.583. The number of carbonyl (C=O) groups is 4. The molecule has 142 valence electrons. The van der Waals surface area contributed by atoms with Gasteiger partial charge in [-0.25, -0.2) is 4.79 Å². The van der Waals surface area contributed by atoms with Crippen LogP contribution in [0.15, 0.2) is 41.5 Å². The topological polar surface area (TPSA) is 96.0 Å². The number of hydrogen-bond acceptors (Lipinski definition) is 7. The predicted octanol–water partition coefficient (Wildman–Crippen LogP) is 2.40. The maximum atomic E-state index is 13.2. The number of methoxy groups -OCH3 is 1. The Balaban J connectivity index is 1.91. The summed E-state index contributed by atoms with van der Waals surface area (Å²) in [6.07, 6.45) is -0.975. The summed E-state index contributed by atoms with van der Waals surface area (Å²) in [5, 5.41) is 1.23. The first-order chi connectivity index (χ1) is 13.4. The van der Waals surface area contributed by atoms with Crippen LogP contribution in [0.2, 0.25) is 0 Å². The molecule has 0 bridgehead atoms. The Bertz CT molecular complexity index is 1090. The van der Waals surface area contributed by atoms with E-state index in [1.54, 1.807) is 30.3 Å². The van der Waals surface area contributed by atoms with E-state index >= 15 is 0 Å². The summed E-state index contributed by atoms with van der Waals surface area (Å²) in [5.41, 5.74) is 0.631. The van der Waals surface area contributed by atoms with E-state index in [-0.39, 0.29) is 46.8 Å². The molecule has 0 N–H and O–H groups in total. The van der Waals surface area contributed by atoms with Crippen molar-refractivity contribution in [2.24, 2.45) is 0 Å². The van der Waals surface area contributed by atoms with Gasteiger partial charge in [-0.2, -0.15) is 0 Å². The second-order valence-electron chi connectivity index (χ2n) is 6.59. The molecule has 0 radical (unpaired) electrons. The van der Waals surface area contributed by atoms with Crippen molar-refractivity contribution in [1.82, 2.24) is 0 Å². The van der Waals surface area contributed by atoms with Crippen LogP contribution in [0.5, 0.6) is 5.75 Å². The molecule has 7 heteroatoms. The molecule has 0 saturated heterocycles. The average molecular weight is 380 g/mol. The minimum absolute atomic E-state index is 0.0399. The van der Waals surface area contributed by atoms with Crippen LogP contribution in [0.4, 0.5) is 0 Å². The molecule has 0 fully saturated rings. The normalized spacial score (nSPS) is 18.6. The van der Waals surface area contributed by atoms with Crippen molar-refractivity contribution in [3.05, 3.63) is 52.6 Å². The second-order valence-corrected chi connectivity index (χ2v) is 6.59. The molecule has 28 heavy (non-hydrogen) atoms. The number of benzene rings is 2. The Morgan fingerprint density at radius 3 is 2.57 bits per heavy atom. The largest absolute Gasteiger partial charge is 0.467 e. The SMILES string of the molecule is COC(=O)C1CC2=C(CO1)C(=O)c1c(cc3ccccc3c1OC(C)=O)C2=O. The van der Waals surface area contributed by atoms with E-state index in [9.17, 15) is 19.2 Å². The number of esters is 2. The van der Waals surface area contributed by atoms with Gasteiger partial charge in [-0.15, -0.1) is 0 Å². The summed E-state index contributed by atoms with van der Waals surface area (Å²) >= 11 is 0. The van der Waals surface area contributed by atoms with Gasteiger partial charge in [0.1, 0.15) is 0 Å². The average Bonchev–Trinajstić information content (AvgIpc) is 2.70. The van der Waals surface area contributed by atoms with Crippen molar-refractivity contribution in [1.29, 1.82) is 0 Å². The van der Waals surface area contributed by atoms with Crippen LogP contribution in [0.3, 0.4) is 0 Å². The highest BCUT2D eigenvalue weighted by molar-refractivity contribution is 6.30. The Morgan fingerprint density at radius 2 is 1.86 bits per heavy atom. The summed E-state index contributed by atoms with van der Waals surface area (Å²) < 4.78 is 15.5. The molecule has 0 saturated carbocycles. The highest BCUT2D eigenvalue weighted by Gasteiger charge is 2.41. The lowest BCUT2D eigenvalue weighted by Gasteiger charge is -2.29. The number of Topliss-reactive ketones (excluding diaryl/α,β-unsaturated/α-hetero) is 2. The maximum absolute atomic E-state index is 13.2. The fourth-order valence-electron chi connectivity index (χ4n) is 3.64. The monoisotopic (exact) mass is 380 g/mol. The minimum atomic E-state index is -0.935. The van der Waals surface area contributed by atoms with Crippen molar-refractivity contribution in [3.63, 3.8) is 0 Å². The molecule has 7 nitrogen and oxygen atoms in total. The predicted molar refractivity (Wildman–Crippen MR) is 97.3 cm³/mol. The van der Waals surface area contributed by atoms with Crippen LogP contribution >= 0.6 is 0 Å². The number of carbonyl (C=O) groups excluding carboxylic acids is 4. The van der Waals surface area contributed by atoms with Gasteiger partial charge in [-0.1, -0.05) is 24.3 Å². The van der Waals surface area contributed by atoms with Crippen LogP contribution in [0.1, 0.15) is 34.1 Å².